The first-order valence-electron chi connectivity index (χ1n) is 12.7. The van der Waals surface area contributed by atoms with Crippen molar-refractivity contribution in [2.24, 2.45) is 7.05 Å². The molecule has 6 rings (SSSR count). The second-order valence-corrected chi connectivity index (χ2v) is 10.9. The Labute approximate surface area is 223 Å². The number of carbonyl (C=O) groups excluding carboxylic acids is 1. The quantitative estimate of drug-likeness (QED) is 0.314. The number of benzene rings is 1. The van der Waals surface area contributed by atoms with E-state index in [1.165, 1.54) is 4.57 Å². The largest absolute Gasteiger partial charge is 0.357 e. The molecule has 4 heterocycles. The van der Waals surface area contributed by atoms with Gasteiger partial charge in [-0.25, -0.2) is 14.5 Å². The van der Waals surface area contributed by atoms with Crippen molar-refractivity contribution >= 4 is 39.8 Å². The van der Waals surface area contributed by atoms with Gasteiger partial charge in [0.15, 0.2) is 5.58 Å². The van der Waals surface area contributed by atoms with E-state index in [1.54, 1.807) is 31.2 Å². The molecule has 1 aliphatic carbocycles. The van der Waals surface area contributed by atoms with E-state index in [4.69, 9.17) is 9.62 Å². The maximum Gasteiger partial charge on any atom is 0.320 e. The van der Waals surface area contributed by atoms with E-state index in [0.29, 0.717) is 35.0 Å². The first-order valence-corrected chi connectivity index (χ1v) is 12.7. The summed E-state index contributed by atoms with van der Waals surface area (Å²) >= 11 is 0. The standard InChI is InChI=1S/C27H29N9O3/c1-27(2,3)21-11-22(36(34-21)16-6-7-20-14(8-16)13-30-39-20)32-26(38)31-19-10-17(19)18-9-15-12-29-25(28-4)33-23(15)35(5)24(18)37/h6-9,11-13,17,19H,10H2,1-5H3,(H,28,29,33)(H2,31,32,38). The third-order valence-electron chi connectivity index (χ3n) is 7.01. The number of hydrogen-bond donors (Lipinski definition) is 3. The molecule has 1 aliphatic rings. The number of aryl methyl sites for hydroxylation is 1. The highest BCUT2D eigenvalue weighted by molar-refractivity contribution is 5.89. The van der Waals surface area contributed by atoms with E-state index in [9.17, 15) is 9.59 Å². The number of aromatic nitrogens is 6. The topological polar surface area (TPSA) is 145 Å². The van der Waals surface area contributed by atoms with Crippen molar-refractivity contribution in [3.05, 3.63) is 64.3 Å². The fourth-order valence-electron chi connectivity index (χ4n) is 4.70. The van der Waals surface area contributed by atoms with E-state index < -0.39 is 0 Å². The third-order valence-corrected chi connectivity index (χ3v) is 7.01. The van der Waals surface area contributed by atoms with Crippen LogP contribution in [-0.2, 0) is 12.5 Å². The lowest BCUT2D eigenvalue weighted by Crippen LogP contribution is -2.33. The first kappa shape index (κ1) is 24.6. The lowest BCUT2D eigenvalue weighted by molar-refractivity contribution is 0.251. The number of hydrogen-bond acceptors (Lipinski definition) is 8. The number of fused-ring (bicyclic) bond motifs is 2. The molecule has 2 atom stereocenters. The highest BCUT2D eigenvalue weighted by Crippen LogP contribution is 2.40. The number of anilines is 2. The predicted molar refractivity (Wildman–Crippen MR) is 147 cm³/mol. The summed E-state index contributed by atoms with van der Waals surface area (Å²) in [6.07, 6.45) is 4.00. The van der Waals surface area contributed by atoms with Crippen LogP contribution in [0, 0.1) is 0 Å². The molecule has 0 spiro atoms. The van der Waals surface area contributed by atoms with E-state index in [-0.39, 0.29) is 29.0 Å². The summed E-state index contributed by atoms with van der Waals surface area (Å²) in [5.74, 6) is 0.890. The molecule has 12 heteroatoms. The molecule has 2 amide bonds. The van der Waals surface area contributed by atoms with Crippen molar-refractivity contribution < 1.29 is 9.32 Å². The van der Waals surface area contributed by atoms with Crippen molar-refractivity contribution in [2.75, 3.05) is 17.7 Å². The fraction of sp³-hybridized carbons (Fsp3) is 0.333. The summed E-state index contributed by atoms with van der Waals surface area (Å²) in [5.41, 5.74) is 3.10. The minimum Gasteiger partial charge on any atom is -0.357 e. The van der Waals surface area contributed by atoms with Gasteiger partial charge in [0.25, 0.3) is 5.56 Å². The molecule has 200 valence electrons. The highest BCUT2D eigenvalue weighted by atomic mass is 16.5. The van der Waals surface area contributed by atoms with Crippen molar-refractivity contribution in [3.8, 4) is 5.69 Å². The van der Waals surface area contributed by atoms with Crippen LogP contribution < -0.4 is 21.5 Å². The van der Waals surface area contributed by atoms with Crippen molar-refractivity contribution in [2.45, 2.75) is 44.6 Å². The Kier molecular flexibility index (Phi) is 5.63. The van der Waals surface area contributed by atoms with Gasteiger partial charge >= 0.3 is 6.03 Å². The highest BCUT2D eigenvalue weighted by Gasteiger charge is 2.42. The van der Waals surface area contributed by atoms with Gasteiger partial charge in [0.2, 0.25) is 5.95 Å². The molecule has 0 radical (unpaired) electrons. The number of rotatable bonds is 5. The van der Waals surface area contributed by atoms with Crippen LogP contribution in [0.4, 0.5) is 16.6 Å². The van der Waals surface area contributed by atoms with Gasteiger partial charge in [0, 0.05) is 60.1 Å². The van der Waals surface area contributed by atoms with Gasteiger partial charge in [-0.1, -0.05) is 25.9 Å². The molecule has 5 aromatic rings. The predicted octanol–water partition coefficient (Wildman–Crippen LogP) is 3.67. The smallest absolute Gasteiger partial charge is 0.320 e. The molecule has 2 unspecified atom stereocenters. The summed E-state index contributed by atoms with van der Waals surface area (Å²) in [7, 11) is 3.43. The van der Waals surface area contributed by atoms with Gasteiger partial charge < -0.3 is 15.2 Å². The lowest BCUT2D eigenvalue weighted by Gasteiger charge is -2.14. The zero-order chi connectivity index (χ0) is 27.5. The van der Waals surface area contributed by atoms with Crippen LogP contribution in [0.5, 0.6) is 0 Å². The molecule has 39 heavy (non-hydrogen) atoms. The normalized spacial score (nSPS) is 16.9. The molecule has 0 aliphatic heterocycles. The third kappa shape index (κ3) is 4.47. The molecule has 1 fully saturated rings. The monoisotopic (exact) mass is 527 g/mol. The first-order chi connectivity index (χ1) is 18.6. The van der Waals surface area contributed by atoms with Gasteiger partial charge in [-0.15, -0.1) is 0 Å². The molecular formula is C27H29N9O3. The fourth-order valence-corrected chi connectivity index (χ4v) is 4.70. The minimum absolute atomic E-state index is 0.0890. The Hall–Kier alpha value is -4.74. The molecule has 4 aromatic heterocycles. The summed E-state index contributed by atoms with van der Waals surface area (Å²) in [5, 5.41) is 19.1. The van der Waals surface area contributed by atoms with Crippen LogP contribution in [-0.4, -0.2) is 48.6 Å². The molecule has 0 bridgehead atoms. The summed E-state index contributed by atoms with van der Waals surface area (Å²) in [6, 6.07) is 8.76. The second-order valence-electron chi connectivity index (χ2n) is 10.9. The van der Waals surface area contributed by atoms with Crippen LogP contribution >= 0.6 is 0 Å². The number of pyridine rings is 1. The van der Waals surface area contributed by atoms with Gasteiger partial charge in [-0.3, -0.25) is 14.7 Å². The average molecular weight is 528 g/mol. The molecule has 1 saturated carbocycles. The maximum absolute atomic E-state index is 13.1. The van der Waals surface area contributed by atoms with Crippen molar-refractivity contribution in [1.82, 2.24) is 34.8 Å². The summed E-state index contributed by atoms with van der Waals surface area (Å²) < 4.78 is 8.45. The minimum atomic E-state index is -0.366. The van der Waals surface area contributed by atoms with Crippen LogP contribution in [0.3, 0.4) is 0 Å². The SMILES string of the molecule is CNc1ncc2cc(C3CC3NC(=O)Nc3cc(C(C)(C)C)nn3-c3ccc4oncc4c3)c(=O)n(C)c2n1. The van der Waals surface area contributed by atoms with Crippen molar-refractivity contribution in [1.29, 1.82) is 0 Å². The van der Waals surface area contributed by atoms with Crippen molar-refractivity contribution in [3.63, 3.8) is 0 Å². The number of amides is 2. The van der Waals surface area contributed by atoms with Gasteiger partial charge in [0.05, 0.1) is 17.6 Å². The zero-order valence-electron chi connectivity index (χ0n) is 22.3. The van der Waals surface area contributed by atoms with Crippen LogP contribution in [0.15, 0.2) is 52.0 Å². The Balaban J connectivity index is 1.23. The second kappa shape index (κ2) is 8.93. The van der Waals surface area contributed by atoms with Gasteiger partial charge in [-0.05, 0) is 30.7 Å². The number of urea groups is 1. The number of carbonyl (C=O) groups is 1. The number of nitrogens with zero attached hydrogens (tertiary/aromatic N) is 6. The van der Waals surface area contributed by atoms with E-state index in [0.717, 1.165) is 22.2 Å². The lowest BCUT2D eigenvalue weighted by atomic mass is 9.92. The summed E-state index contributed by atoms with van der Waals surface area (Å²) in [6.45, 7) is 6.20. The van der Waals surface area contributed by atoms with Crippen LogP contribution in [0.1, 0.15) is 44.4 Å². The van der Waals surface area contributed by atoms with Gasteiger partial charge in [0.1, 0.15) is 11.5 Å². The Morgan fingerprint density at radius 1 is 1.13 bits per heavy atom. The Morgan fingerprint density at radius 3 is 2.72 bits per heavy atom. The Morgan fingerprint density at radius 2 is 1.95 bits per heavy atom. The average Bonchev–Trinajstić information content (AvgIpc) is 3.28. The molecule has 12 nitrogen and oxygen atoms in total. The molecule has 0 saturated heterocycles. The van der Waals surface area contributed by atoms with E-state index >= 15 is 0 Å². The molecular weight excluding hydrogens is 498 g/mol. The molecule has 1 aromatic carbocycles. The zero-order valence-corrected chi connectivity index (χ0v) is 22.3. The Bertz CT molecular complexity index is 1790. The van der Waals surface area contributed by atoms with E-state index in [1.807, 2.05) is 30.3 Å². The summed E-state index contributed by atoms with van der Waals surface area (Å²) in [4.78, 5) is 34.8. The number of nitrogens with one attached hydrogen (secondary N) is 3. The van der Waals surface area contributed by atoms with Gasteiger partial charge in [-0.2, -0.15) is 10.1 Å². The molecule has 3 N–H and O–H groups in total. The van der Waals surface area contributed by atoms with Crippen LogP contribution in [0.2, 0.25) is 0 Å². The van der Waals surface area contributed by atoms with Crippen LogP contribution in [0.25, 0.3) is 27.7 Å². The maximum atomic E-state index is 13.1. The van der Waals surface area contributed by atoms with E-state index in [2.05, 4.69) is 51.8 Å².